The molecule has 1 saturated heterocycles. The van der Waals surface area contributed by atoms with Crippen molar-refractivity contribution >= 4 is 11.9 Å². The summed E-state index contributed by atoms with van der Waals surface area (Å²) in [5, 5.41) is 9.99. The van der Waals surface area contributed by atoms with Crippen LogP contribution in [-0.4, -0.2) is 46.3 Å². The molecule has 0 unspecified atom stereocenters. The molecule has 0 bridgehead atoms. The highest BCUT2D eigenvalue weighted by molar-refractivity contribution is 5.79. The molecule has 2 heterocycles. The molecule has 7 nitrogen and oxygen atoms in total. The van der Waals surface area contributed by atoms with Gasteiger partial charge in [-0.25, -0.2) is 9.48 Å². The second kappa shape index (κ2) is 7.16. The Balaban J connectivity index is 1.66. The number of nitrogens with one attached hydrogen (secondary N) is 2. The standard InChI is InChI=1S/C17H21N5O2/c1-13(20-17(24)21-10-6-16(23)18-8-11-21)14-4-2-5-15(12-14)22-9-3-7-19-22/h2-5,7,9,12-13H,6,8,10-11H2,1H3,(H,18,23)(H,20,24)/t13-/m1/s1. The highest BCUT2D eigenvalue weighted by atomic mass is 16.2. The van der Waals surface area contributed by atoms with E-state index >= 15 is 0 Å². The second-order valence-electron chi connectivity index (χ2n) is 5.80. The van der Waals surface area contributed by atoms with E-state index < -0.39 is 0 Å². The van der Waals surface area contributed by atoms with Crippen molar-refractivity contribution in [1.29, 1.82) is 0 Å². The van der Waals surface area contributed by atoms with Crippen LogP contribution >= 0.6 is 0 Å². The highest BCUT2D eigenvalue weighted by Crippen LogP contribution is 2.17. The van der Waals surface area contributed by atoms with Crippen LogP contribution in [0.3, 0.4) is 0 Å². The summed E-state index contributed by atoms with van der Waals surface area (Å²) in [6, 6.07) is 9.48. The van der Waals surface area contributed by atoms with Gasteiger partial charge in [-0.2, -0.15) is 5.10 Å². The minimum Gasteiger partial charge on any atom is -0.354 e. The molecule has 1 aromatic heterocycles. The number of hydrogen-bond acceptors (Lipinski definition) is 3. The maximum absolute atomic E-state index is 12.4. The van der Waals surface area contributed by atoms with Crippen LogP contribution in [0.25, 0.3) is 5.69 Å². The Morgan fingerprint density at radius 2 is 2.21 bits per heavy atom. The Morgan fingerprint density at radius 3 is 3.00 bits per heavy atom. The van der Waals surface area contributed by atoms with Gasteiger partial charge in [0.15, 0.2) is 0 Å². The summed E-state index contributed by atoms with van der Waals surface area (Å²) < 4.78 is 1.78. The molecule has 7 heteroatoms. The summed E-state index contributed by atoms with van der Waals surface area (Å²) in [5.74, 6) is -0.00901. The average molecular weight is 327 g/mol. The van der Waals surface area contributed by atoms with E-state index in [2.05, 4.69) is 15.7 Å². The van der Waals surface area contributed by atoms with E-state index in [1.165, 1.54) is 0 Å². The third-order valence-electron chi connectivity index (χ3n) is 4.08. The van der Waals surface area contributed by atoms with Crippen molar-refractivity contribution in [1.82, 2.24) is 25.3 Å². The van der Waals surface area contributed by atoms with E-state index in [0.717, 1.165) is 11.3 Å². The quantitative estimate of drug-likeness (QED) is 0.896. The Labute approximate surface area is 140 Å². The number of nitrogens with zero attached hydrogens (tertiary/aromatic N) is 3. The Hall–Kier alpha value is -2.83. The maximum atomic E-state index is 12.4. The number of aromatic nitrogens is 2. The van der Waals surface area contributed by atoms with E-state index in [4.69, 9.17) is 0 Å². The van der Waals surface area contributed by atoms with Crippen LogP contribution in [0.4, 0.5) is 4.79 Å². The van der Waals surface area contributed by atoms with Gasteiger partial charge >= 0.3 is 6.03 Å². The van der Waals surface area contributed by atoms with E-state index in [-0.39, 0.29) is 18.0 Å². The van der Waals surface area contributed by atoms with Crippen molar-refractivity contribution in [2.24, 2.45) is 0 Å². The minimum atomic E-state index is -0.150. The molecule has 24 heavy (non-hydrogen) atoms. The van der Waals surface area contributed by atoms with E-state index in [0.29, 0.717) is 26.1 Å². The molecule has 3 rings (SSSR count). The van der Waals surface area contributed by atoms with Gasteiger partial charge in [0.2, 0.25) is 5.91 Å². The van der Waals surface area contributed by atoms with Gasteiger partial charge < -0.3 is 15.5 Å². The van der Waals surface area contributed by atoms with Crippen molar-refractivity contribution in [2.75, 3.05) is 19.6 Å². The SMILES string of the molecule is C[C@@H](NC(=O)N1CCNC(=O)CC1)c1cccc(-n2cccn2)c1. The third kappa shape index (κ3) is 3.73. The van der Waals surface area contributed by atoms with Crippen molar-refractivity contribution in [3.8, 4) is 5.69 Å². The lowest BCUT2D eigenvalue weighted by Crippen LogP contribution is -2.42. The molecule has 2 N–H and O–H groups in total. The number of benzene rings is 1. The predicted molar refractivity (Wildman–Crippen MR) is 89.7 cm³/mol. The fourth-order valence-electron chi connectivity index (χ4n) is 2.69. The summed E-state index contributed by atoms with van der Waals surface area (Å²) in [6.07, 6.45) is 3.95. The van der Waals surface area contributed by atoms with Crippen molar-refractivity contribution in [2.45, 2.75) is 19.4 Å². The molecule has 2 aromatic rings. The lowest BCUT2D eigenvalue weighted by atomic mass is 10.1. The van der Waals surface area contributed by atoms with Gasteiger partial charge in [0.05, 0.1) is 11.7 Å². The zero-order chi connectivity index (χ0) is 16.9. The number of rotatable bonds is 3. The molecule has 3 amide bonds. The lowest BCUT2D eigenvalue weighted by molar-refractivity contribution is -0.120. The Kier molecular flexibility index (Phi) is 4.79. The van der Waals surface area contributed by atoms with Crippen molar-refractivity contribution in [3.05, 3.63) is 48.3 Å². The molecule has 1 aliphatic heterocycles. The number of hydrogen-bond donors (Lipinski definition) is 2. The zero-order valence-corrected chi connectivity index (χ0v) is 13.6. The van der Waals surface area contributed by atoms with Crippen LogP contribution in [0.5, 0.6) is 0 Å². The predicted octanol–water partition coefficient (Wildman–Crippen LogP) is 1.46. The van der Waals surface area contributed by atoms with Crippen LogP contribution in [-0.2, 0) is 4.79 Å². The first-order valence-corrected chi connectivity index (χ1v) is 8.05. The Morgan fingerprint density at radius 1 is 1.33 bits per heavy atom. The highest BCUT2D eigenvalue weighted by Gasteiger charge is 2.20. The second-order valence-corrected chi connectivity index (χ2v) is 5.80. The number of amides is 3. The van der Waals surface area contributed by atoms with E-state index in [1.54, 1.807) is 15.8 Å². The molecule has 1 fully saturated rings. The van der Waals surface area contributed by atoms with Crippen LogP contribution in [0.15, 0.2) is 42.7 Å². The van der Waals surface area contributed by atoms with Gasteiger partial charge in [0.25, 0.3) is 0 Å². The van der Waals surface area contributed by atoms with Crippen LogP contribution in [0.2, 0.25) is 0 Å². The normalized spacial score (nSPS) is 16.2. The molecule has 0 aliphatic carbocycles. The maximum Gasteiger partial charge on any atom is 0.317 e. The summed E-state index contributed by atoms with van der Waals surface area (Å²) in [5.41, 5.74) is 1.95. The van der Waals surface area contributed by atoms with Crippen LogP contribution < -0.4 is 10.6 Å². The monoisotopic (exact) mass is 327 g/mol. The van der Waals surface area contributed by atoms with Gasteiger partial charge in [-0.3, -0.25) is 4.79 Å². The molecular weight excluding hydrogens is 306 g/mol. The smallest absolute Gasteiger partial charge is 0.317 e. The topological polar surface area (TPSA) is 79.3 Å². The molecule has 126 valence electrons. The number of carbonyl (C=O) groups excluding carboxylic acids is 2. The first kappa shape index (κ1) is 16.0. The molecule has 1 aliphatic rings. The van der Waals surface area contributed by atoms with Crippen LogP contribution in [0, 0.1) is 0 Å². The van der Waals surface area contributed by atoms with E-state index in [9.17, 15) is 9.59 Å². The fourth-order valence-corrected chi connectivity index (χ4v) is 2.69. The zero-order valence-electron chi connectivity index (χ0n) is 13.6. The molecule has 1 aromatic carbocycles. The van der Waals surface area contributed by atoms with Gasteiger partial charge in [-0.05, 0) is 30.7 Å². The third-order valence-corrected chi connectivity index (χ3v) is 4.08. The summed E-state index contributed by atoms with van der Waals surface area (Å²) in [6.45, 7) is 3.41. The van der Waals surface area contributed by atoms with Crippen molar-refractivity contribution in [3.63, 3.8) is 0 Å². The summed E-state index contributed by atoms with van der Waals surface area (Å²) in [4.78, 5) is 25.5. The van der Waals surface area contributed by atoms with Gasteiger partial charge in [0.1, 0.15) is 0 Å². The molecule has 0 saturated carbocycles. The average Bonchev–Trinajstić information content (AvgIpc) is 3.04. The van der Waals surface area contributed by atoms with Crippen molar-refractivity contribution < 1.29 is 9.59 Å². The Bertz CT molecular complexity index is 714. The summed E-state index contributed by atoms with van der Waals surface area (Å²) in [7, 11) is 0. The van der Waals surface area contributed by atoms with E-state index in [1.807, 2.05) is 43.5 Å². The largest absolute Gasteiger partial charge is 0.354 e. The first-order chi connectivity index (χ1) is 11.6. The summed E-state index contributed by atoms with van der Waals surface area (Å²) >= 11 is 0. The van der Waals surface area contributed by atoms with Gasteiger partial charge in [-0.15, -0.1) is 0 Å². The molecular formula is C17H21N5O2. The molecule has 1 atom stereocenters. The number of urea groups is 1. The molecule has 0 spiro atoms. The van der Waals surface area contributed by atoms with Gasteiger partial charge in [0, 0.05) is 38.4 Å². The van der Waals surface area contributed by atoms with Gasteiger partial charge in [-0.1, -0.05) is 12.1 Å². The lowest BCUT2D eigenvalue weighted by Gasteiger charge is -2.23. The number of carbonyl (C=O) groups is 2. The minimum absolute atomic E-state index is 0.00901. The molecule has 0 radical (unpaired) electrons. The first-order valence-electron chi connectivity index (χ1n) is 8.05. The van der Waals surface area contributed by atoms with Crippen LogP contribution in [0.1, 0.15) is 24.9 Å². The fraction of sp³-hybridized carbons (Fsp3) is 0.353.